The predicted molar refractivity (Wildman–Crippen MR) is 74.9 cm³/mol. The summed E-state index contributed by atoms with van der Waals surface area (Å²) in [5.41, 5.74) is 1.13. The van der Waals surface area contributed by atoms with Gasteiger partial charge in [0.25, 0.3) is 0 Å². The van der Waals surface area contributed by atoms with Gasteiger partial charge in [0.15, 0.2) is 9.84 Å². The van der Waals surface area contributed by atoms with Crippen molar-refractivity contribution in [1.82, 2.24) is 0 Å². The number of phenolic OH excluding ortho intramolecular Hbond substituents is 1. The van der Waals surface area contributed by atoms with E-state index in [4.69, 9.17) is 0 Å². The number of hydrogen-bond donors (Lipinski definition) is 2. The average molecular weight is 283 g/mol. The second-order valence-electron chi connectivity index (χ2n) is 4.25. The molecule has 0 aliphatic heterocycles. The predicted octanol–water partition coefficient (Wildman–Crippen LogP) is 1.63. The van der Waals surface area contributed by atoms with Gasteiger partial charge in [0, 0.05) is 5.69 Å². The molecule has 5 nitrogen and oxygen atoms in total. The summed E-state index contributed by atoms with van der Waals surface area (Å²) in [6.07, 6.45) is 1.25. The molecule has 1 amide bonds. The zero-order valence-corrected chi connectivity index (χ0v) is 11.7. The molecule has 19 heavy (non-hydrogen) atoms. The number of sulfone groups is 1. The van der Waals surface area contributed by atoms with E-state index in [1.165, 1.54) is 31.2 Å². The lowest BCUT2D eigenvalue weighted by molar-refractivity contribution is -0.115. The fourth-order valence-corrected chi connectivity index (χ4v) is 2.50. The molecule has 1 aromatic carbocycles. The number of amides is 1. The maximum Gasteiger partial charge on any atom is 0.242 e. The standard InChI is InChI=1S/C13H17NO4S/c1-4-7-19(17,18)10(3)13(16)14-12-6-5-11(15)8-9(12)2/h4-6,8,10,15H,1,7H2,2-3H3,(H,14,16). The molecular weight excluding hydrogens is 266 g/mol. The Kier molecular flexibility index (Phi) is 4.72. The van der Waals surface area contributed by atoms with Crippen LogP contribution in [0.15, 0.2) is 30.9 Å². The lowest BCUT2D eigenvalue weighted by Crippen LogP contribution is -2.33. The first-order valence-electron chi connectivity index (χ1n) is 5.71. The van der Waals surface area contributed by atoms with Crippen molar-refractivity contribution < 1.29 is 18.3 Å². The van der Waals surface area contributed by atoms with E-state index >= 15 is 0 Å². The Morgan fingerprint density at radius 1 is 1.53 bits per heavy atom. The van der Waals surface area contributed by atoms with Gasteiger partial charge in [-0.2, -0.15) is 0 Å². The van der Waals surface area contributed by atoms with E-state index in [0.717, 1.165) is 0 Å². The highest BCUT2D eigenvalue weighted by Gasteiger charge is 2.26. The SMILES string of the molecule is C=CCS(=O)(=O)C(C)C(=O)Nc1ccc(O)cc1C. The molecule has 1 rings (SSSR count). The van der Waals surface area contributed by atoms with Crippen LogP contribution < -0.4 is 5.32 Å². The minimum atomic E-state index is -3.53. The Bertz CT molecular complexity index is 593. The Labute approximate surface area is 112 Å². The highest BCUT2D eigenvalue weighted by molar-refractivity contribution is 7.92. The van der Waals surface area contributed by atoms with Crippen molar-refractivity contribution in [2.24, 2.45) is 0 Å². The van der Waals surface area contributed by atoms with E-state index in [1.54, 1.807) is 6.92 Å². The summed E-state index contributed by atoms with van der Waals surface area (Å²) in [4.78, 5) is 11.9. The molecule has 0 fully saturated rings. The molecule has 6 heteroatoms. The van der Waals surface area contributed by atoms with E-state index in [2.05, 4.69) is 11.9 Å². The third kappa shape index (κ3) is 3.82. The lowest BCUT2D eigenvalue weighted by Gasteiger charge is -2.13. The van der Waals surface area contributed by atoms with Crippen LogP contribution in [-0.2, 0) is 14.6 Å². The molecule has 2 N–H and O–H groups in total. The quantitative estimate of drug-likeness (QED) is 0.635. The number of hydrogen-bond acceptors (Lipinski definition) is 4. The van der Waals surface area contributed by atoms with Crippen molar-refractivity contribution in [1.29, 1.82) is 0 Å². The van der Waals surface area contributed by atoms with Gasteiger partial charge in [-0.1, -0.05) is 6.08 Å². The molecule has 1 atom stereocenters. The second-order valence-corrected chi connectivity index (χ2v) is 6.62. The van der Waals surface area contributed by atoms with Crippen LogP contribution >= 0.6 is 0 Å². The average Bonchev–Trinajstić information content (AvgIpc) is 2.31. The van der Waals surface area contributed by atoms with Gasteiger partial charge in [-0.3, -0.25) is 4.79 Å². The monoisotopic (exact) mass is 283 g/mol. The first kappa shape index (κ1) is 15.2. The molecule has 1 aromatic rings. The summed E-state index contributed by atoms with van der Waals surface area (Å²) in [5, 5.41) is 10.6. The van der Waals surface area contributed by atoms with Gasteiger partial charge in [0.1, 0.15) is 11.0 Å². The summed E-state index contributed by atoms with van der Waals surface area (Å²) in [6, 6.07) is 4.43. The van der Waals surface area contributed by atoms with Crippen LogP contribution in [0.1, 0.15) is 12.5 Å². The first-order chi connectivity index (χ1) is 8.77. The number of aromatic hydroxyl groups is 1. The lowest BCUT2D eigenvalue weighted by atomic mass is 10.2. The van der Waals surface area contributed by atoms with Crippen molar-refractivity contribution in [3.05, 3.63) is 36.4 Å². The maximum atomic E-state index is 11.9. The number of phenols is 1. The number of anilines is 1. The van der Waals surface area contributed by atoms with E-state index in [0.29, 0.717) is 11.3 Å². The summed E-state index contributed by atoms with van der Waals surface area (Å²) >= 11 is 0. The summed E-state index contributed by atoms with van der Waals surface area (Å²) in [5.74, 6) is -0.755. The van der Waals surface area contributed by atoms with Gasteiger partial charge in [-0.05, 0) is 37.6 Å². The highest BCUT2D eigenvalue weighted by Crippen LogP contribution is 2.20. The largest absolute Gasteiger partial charge is 0.508 e. The third-order valence-electron chi connectivity index (χ3n) is 2.73. The van der Waals surface area contributed by atoms with Gasteiger partial charge >= 0.3 is 0 Å². The van der Waals surface area contributed by atoms with Crippen LogP contribution in [0.4, 0.5) is 5.69 Å². The van der Waals surface area contributed by atoms with Crippen molar-refractivity contribution in [3.8, 4) is 5.75 Å². The third-order valence-corrected chi connectivity index (χ3v) is 4.72. The normalized spacial score (nSPS) is 12.7. The second kappa shape index (κ2) is 5.88. The molecule has 0 saturated heterocycles. The topological polar surface area (TPSA) is 83.5 Å². The Morgan fingerprint density at radius 3 is 2.68 bits per heavy atom. The number of benzene rings is 1. The number of carbonyl (C=O) groups is 1. The minimum Gasteiger partial charge on any atom is -0.508 e. The highest BCUT2D eigenvalue weighted by atomic mass is 32.2. The molecule has 1 unspecified atom stereocenters. The van der Waals surface area contributed by atoms with Crippen LogP contribution in [0.5, 0.6) is 5.75 Å². The number of carbonyl (C=O) groups excluding carboxylic acids is 1. The number of rotatable bonds is 5. The van der Waals surface area contributed by atoms with Crippen LogP contribution in [0.3, 0.4) is 0 Å². The molecular formula is C13H17NO4S. The minimum absolute atomic E-state index is 0.0860. The molecule has 0 spiro atoms. The maximum absolute atomic E-state index is 11.9. The first-order valence-corrected chi connectivity index (χ1v) is 7.42. The van der Waals surface area contributed by atoms with Gasteiger partial charge in [0.05, 0.1) is 5.75 Å². The molecule has 0 aliphatic carbocycles. The molecule has 104 valence electrons. The molecule has 0 radical (unpaired) electrons. The van der Waals surface area contributed by atoms with Crippen LogP contribution in [-0.4, -0.2) is 30.4 Å². The van der Waals surface area contributed by atoms with E-state index in [-0.39, 0.29) is 11.5 Å². The van der Waals surface area contributed by atoms with Gasteiger partial charge in [-0.15, -0.1) is 6.58 Å². The fourth-order valence-electron chi connectivity index (χ4n) is 1.49. The van der Waals surface area contributed by atoms with Crippen LogP contribution in [0, 0.1) is 6.92 Å². The molecule has 0 bridgehead atoms. The van der Waals surface area contributed by atoms with Gasteiger partial charge in [-0.25, -0.2) is 8.42 Å². The smallest absolute Gasteiger partial charge is 0.242 e. The van der Waals surface area contributed by atoms with E-state index in [9.17, 15) is 18.3 Å². The van der Waals surface area contributed by atoms with E-state index in [1.807, 2.05) is 0 Å². The van der Waals surface area contributed by atoms with E-state index < -0.39 is 21.0 Å². The summed E-state index contributed by atoms with van der Waals surface area (Å²) in [7, 11) is -3.53. The molecule has 0 heterocycles. The summed E-state index contributed by atoms with van der Waals surface area (Å²) < 4.78 is 23.5. The van der Waals surface area contributed by atoms with Crippen LogP contribution in [0.25, 0.3) is 0 Å². The molecule has 0 saturated carbocycles. The Balaban J connectivity index is 2.88. The van der Waals surface area contributed by atoms with Crippen molar-refractivity contribution in [2.45, 2.75) is 19.1 Å². The van der Waals surface area contributed by atoms with Crippen molar-refractivity contribution >= 4 is 21.4 Å². The number of aryl methyl sites for hydroxylation is 1. The molecule has 0 aliphatic rings. The zero-order chi connectivity index (χ0) is 14.6. The van der Waals surface area contributed by atoms with Gasteiger partial charge in [0.2, 0.25) is 5.91 Å². The van der Waals surface area contributed by atoms with Gasteiger partial charge < -0.3 is 10.4 Å². The summed E-state index contributed by atoms with van der Waals surface area (Å²) in [6.45, 7) is 6.40. The number of nitrogens with one attached hydrogen (secondary N) is 1. The zero-order valence-electron chi connectivity index (χ0n) is 10.9. The molecule has 0 aromatic heterocycles. The fraction of sp³-hybridized carbons (Fsp3) is 0.308. The van der Waals surface area contributed by atoms with Crippen molar-refractivity contribution in [2.75, 3.05) is 11.1 Å². The Hall–Kier alpha value is -1.82. The van der Waals surface area contributed by atoms with Crippen LogP contribution in [0.2, 0.25) is 0 Å². The Morgan fingerprint density at radius 2 is 2.16 bits per heavy atom. The van der Waals surface area contributed by atoms with Crippen molar-refractivity contribution in [3.63, 3.8) is 0 Å².